The number of rotatable bonds is 7. The monoisotopic (exact) mass is 388 g/mol. The molecule has 140 valence electrons. The van der Waals surface area contributed by atoms with Gasteiger partial charge in [0.1, 0.15) is 12.4 Å². The molecule has 0 fully saturated rings. The second-order valence-corrected chi connectivity index (χ2v) is 6.73. The normalized spacial score (nSPS) is 11.8. The fourth-order valence-corrected chi connectivity index (χ4v) is 2.69. The highest BCUT2D eigenvalue weighted by atomic mass is 32.2. The Morgan fingerprint density at radius 2 is 1.73 bits per heavy atom. The van der Waals surface area contributed by atoms with Crippen LogP contribution in [0.3, 0.4) is 0 Å². The van der Waals surface area contributed by atoms with Crippen molar-refractivity contribution in [2.75, 3.05) is 0 Å². The van der Waals surface area contributed by atoms with E-state index >= 15 is 0 Å². The number of benzene rings is 2. The molecule has 2 aromatic rings. The Bertz CT molecular complexity index is 877. The van der Waals surface area contributed by atoms with Gasteiger partial charge in [-0.15, -0.1) is 0 Å². The highest BCUT2D eigenvalue weighted by molar-refractivity contribution is 7.88. The summed E-state index contributed by atoms with van der Waals surface area (Å²) in [6, 6.07) is 11.5. The predicted molar refractivity (Wildman–Crippen MR) is 87.6 cm³/mol. The summed E-state index contributed by atoms with van der Waals surface area (Å²) >= 11 is 0. The SMILES string of the molecule is CCc1c(OCc2ccccc2)ccc(C=O)c1OS(=O)(=O)C(F)(F)F. The average Bonchev–Trinajstić information content (AvgIpc) is 2.59. The second-order valence-electron chi connectivity index (χ2n) is 5.19. The lowest BCUT2D eigenvalue weighted by Crippen LogP contribution is -2.28. The van der Waals surface area contributed by atoms with Crippen LogP contribution in [0.15, 0.2) is 42.5 Å². The van der Waals surface area contributed by atoms with E-state index in [0.717, 1.165) is 11.6 Å². The zero-order valence-corrected chi connectivity index (χ0v) is 14.4. The standard InChI is InChI=1S/C17H15F3O5S/c1-2-14-15(24-11-12-6-4-3-5-7-12)9-8-13(10-21)16(14)25-26(22,23)17(18,19)20/h3-10H,2,11H2,1H3. The molecule has 0 N–H and O–H groups in total. The van der Waals surface area contributed by atoms with Gasteiger partial charge in [-0.1, -0.05) is 37.3 Å². The van der Waals surface area contributed by atoms with Crippen LogP contribution < -0.4 is 8.92 Å². The summed E-state index contributed by atoms with van der Waals surface area (Å²) in [6.45, 7) is 1.69. The Balaban J connectivity index is 2.41. The molecule has 0 bridgehead atoms. The van der Waals surface area contributed by atoms with Crippen molar-refractivity contribution < 1.29 is 35.3 Å². The maximum absolute atomic E-state index is 12.6. The predicted octanol–water partition coefficient (Wildman–Crippen LogP) is 3.87. The molecule has 0 aliphatic heterocycles. The molecule has 0 spiro atoms. The van der Waals surface area contributed by atoms with E-state index in [-0.39, 0.29) is 36.2 Å². The Morgan fingerprint density at radius 1 is 1.08 bits per heavy atom. The fraction of sp³-hybridized carbons (Fsp3) is 0.235. The molecule has 2 aromatic carbocycles. The summed E-state index contributed by atoms with van der Waals surface area (Å²) in [6.07, 6.45) is 0.315. The van der Waals surface area contributed by atoms with Crippen LogP contribution in [0.2, 0.25) is 0 Å². The van der Waals surface area contributed by atoms with Gasteiger partial charge in [0.15, 0.2) is 12.0 Å². The van der Waals surface area contributed by atoms with E-state index in [9.17, 15) is 26.4 Å². The number of alkyl halides is 3. The maximum atomic E-state index is 12.6. The smallest absolute Gasteiger partial charge is 0.488 e. The number of halogens is 3. The average molecular weight is 388 g/mol. The Hall–Kier alpha value is -2.55. The molecule has 0 unspecified atom stereocenters. The van der Waals surface area contributed by atoms with Crippen LogP contribution in [0.5, 0.6) is 11.5 Å². The summed E-state index contributed by atoms with van der Waals surface area (Å²) in [5.41, 5.74) is -5.07. The third kappa shape index (κ3) is 4.34. The first kappa shape index (κ1) is 19.8. The van der Waals surface area contributed by atoms with Crippen LogP contribution in [0, 0.1) is 0 Å². The lowest BCUT2D eigenvalue weighted by molar-refractivity contribution is -0.0500. The van der Waals surface area contributed by atoms with Crippen LogP contribution in [0.25, 0.3) is 0 Å². The van der Waals surface area contributed by atoms with Crippen molar-refractivity contribution in [1.29, 1.82) is 0 Å². The molecular formula is C17H15F3O5S. The molecule has 0 saturated carbocycles. The van der Waals surface area contributed by atoms with Gasteiger partial charge >= 0.3 is 15.6 Å². The first-order valence-electron chi connectivity index (χ1n) is 7.48. The largest absolute Gasteiger partial charge is 0.534 e. The van der Waals surface area contributed by atoms with Crippen molar-refractivity contribution >= 4 is 16.4 Å². The van der Waals surface area contributed by atoms with Crippen molar-refractivity contribution in [2.24, 2.45) is 0 Å². The Kier molecular flexibility index (Phi) is 5.91. The molecule has 0 aromatic heterocycles. The van der Waals surface area contributed by atoms with Gasteiger partial charge in [0, 0.05) is 5.56 Å². The summed E-state index contributed by atoms with van der Waals surface area (Å²) in [5, 5.41) is 0. The molecule has 26 heavy (non-hydrogen) atoms. The van der Waals surface area contributed by atoms with E-state index < -0.39 is 21.4 Å². The zero-order chi connectivity index (χ0) is 19.4. The summed E-state index contributed by atoms with van der Waals surface area (Å²) in [4.78, 5) is 11.1. The van der Waals surface area contributed by atoms with E-state index in [1.54, 1.807) is 31.2 Å². The third-order valence-electron chi connectivity index (χ3n) is 3.44. The van der Waals surface area contributed by atoms with E-state index in [1.807, 2.05) is 6.07 Å². The minimum absolute atomic E-state index is 0.0540. The molecule has 0 radical (unpaired) electrons. The number of aldehydes is 1. The van der Waals surface area contributed by atoms with Gasteiger partial charge in [0.2, 0.25) is 0 Å². The maximum Gasteiger partial charge on any atom is 0.534 e. The highest BCUT2D eigenvalue weighted by Crippen LogP contribution is 2.36. The molecule has 0 heterocycles. The first-order valence-corrected chi connectivity index (χ1v) is 8.89. The van der Waals surface area contributed by atoms with Gasteiger partial charge in [0.05, 0.1) is 5.56 Å². The molecule has 9 heteroatoms. The van der Waals surface area contributed by atoms with Crippen molar-refractivity contribution in [3.63, 3.8) is 0 Å². The van der Waals surface area contributed by atoms with Crippen molar-refractivity contribution in [1.82, 2.24) is 0 Å². The number of hydrogen-bond donors (Lipinski definition) is 0. The van der Waals surface area contributed by atoms with Gasteiger partial charge in [-0.05, 0) is 24.1 Å². The third-order valence-corrected chi connectivity index (χ3v) is 4.40. The summed E-state index contributed by atoms with van der Waals surface area (Å²) in [5.74, 6) is -0.542. The number of carbonyl (C=O) groups excluding carboxylic acids is 1. The number of ether oxygens (including phenoxy) is 1. The molecular weight excluding hydrogens is 373 g/mol. The molecule has 0 aliphatic rings. The summed E-state index contributed by atoms with van der Waals surface area (Å²) in [7, 11) is -5.91. The van der Waals surface area contributed by atoms with E-state index in [0.29, 0.717) is 0 Å². The lowest BCUT2D eigenvalue weighted by Gasteiger charge is -2.17. The molecule has 2 rings (SSSR count). The Morgan fingerprint density at radius 3 is 2.27 bits per heavy atom. The van der Waals surface area contributed by atoms with Crippen molar-refractivity contribution in [3.05, 3.63) is 59.2 Å². The quantitative estimate of drug-likeness (QED) is 0.409. The minimum atomic E-state index is -5.91. The molecule has 0 aliphatic carbocycles. The topological polar surface area (TPSA) is 69.7 Å². The van der Waals surface area contributed by atoms with Crippen LogP contribution in [-0.4, -0.2) is 20.2 Å². The van der Waals surface area contributed by atoms with Crippen LogP contribution >= 0.6 is 0 Å². The minimum Gasteiger partial charge on any atom is -0.488 e. The second kappa shape index (κ2) is 7.77. The summed E-state index contributed by atoms with van der Waals surface area (Å²) < 4.78 is 70.4. The molecule has 0 amide bonds. The molecule has 0 saturated heterocycles. The lowest BCUT2D eigenvalue weighted by atomic mass is 10.1. The number of carbonyl (C=O) groups is 1. The van der Waals surface area contributed by atoms with Gasteiger partial charge in [-0.3, -0.25) is 4.79 Å². The first-order chi connectivity index (χ1) is 12.2. The molecule has 5 nitrogen and oxygen atoms in total. The number of hydrogen-bond acceptors (Lipinski definition) is 5. The van der Waals surface area contributed by atoms with Crippen LogP contribution in [-0.2, 0) is 23.1 Å². The zero-order valence-electron chi connectivity index (χ0n) is 13.6. The fourth-order valence-electron chi connectivity index (χ4n) is 2.18. The van der Waals surface area contributed by atoms with Crippen LogP contribution in [0.1, 0.15) is 28.4 Å². The molecule has 0 atom stereocenters. The van der Waals surface area contributed by atoms with E-state index in [1.165, 1.54) is 6.07 Å². The van der Waals surface area contributed by atoms with Crippen molar-refractivity contribution in [3.8, 4) is 11.5 Å². The Labute approximate surface area is 148 Å². The van der Waals surface area contributed by atoms with E-state index in [4.69, 9.17) is 4.74 Å². The van der Waals surface area contributed by atoms with Gasteiger partial charge in [0.25, 0.3) is 0 Å². The van der Waals surface area contributed by atoms with Crippen molar-refractivity contribution in [2.45, 2.75) is 25.5 Å². The van der Waals surface area contributed by atoms with Gasteiger partial charge < -0.3 is 8.92 Å². The van der Waals surface area contributed by atoms with Crippen LogP contribution in [0.4, 0.5) is 13.2 Å². The highest BCUT2D eigenvalue weighted by Gasteiger charge is 2.49. The van der Waals surface area contributed by atoms with Gasteiger partial charge in [-0.2, -0.15) is 21.6 Å². The van der Waals surface area contributed by atoms with E-state index in [2.05, 4.69) is 4.18 Å². The van der Waals surface area contributed by atoms with Gasteiger partial charge in [-0.25, -0.2) is 0 Å².